The third-order valence-electron chi connectivity index (χ3n) is 7.36. The third-order valence-corrected chi connectivity index (χ3v) is 7.36. The molecule has 0 aromatic heterocycles. The number of carbonyl (C=O) groups is 7. The minimum Gasteiger partial charge on any atom is -0.461 e. The average Bonchev–Trinajstić information content (AvgIpc) is 3.01. The Morgan fingerprint density at radius 3 is 1.86 bits per heavy atom. The summed E-state index contributed by atoms with van der Waals surface area (Å²) < 4.78 is 21.0. The monoisotopic (exact) mass is 709 g/mol. The molecule has 15 heteroatoms. The summed E-state index contributed by atoms with van der Waals surface area (Å²) in [6.45, 7) is 10.5. The lowest BCUT2D eigenvalue weighted by Crippen LogP contribution is -2.57. The van der Waals surface area contributed by atoms with E-state index < -0.39 is 84.1 Å². The van der Waals surface area contributed by atoms with Crippen molar-refractivity contribution in [1.29, 1.82) is 0 Å². The van der Waals surface area contributed by atoms with E-state index in [1.165, 1.54) is 30.2 Å². The highest BCUT2D eigenvalue weighted by Crippen LogP contribution is 2.42. The highest BCUT2D eigenvalue weighted by atomic mass is 16.6. The second-order valence-corrected chi connectivity index (χ2v) is 12.4. The van der Waals surface area contributed by atoms with Crippen LogP contribution in [0.1, 0.15) is 66.5 Å². The number of ether oxygens (including phenoxy) is 4. The lowest BCUT2D eigenvalue weighted by atomic mass is 9.96. The van der Waals surface area contributed by atoms with Crippen LogP contribution in [0.2, 0.25) is 0 Å². The summed E-state index contributed by atoms with van der Waals surface area (Å²) >= 11 is 0. The van der Waals surface area contributed by atoms with Crippen molar-refractivity contribution in [3.05, 3.63) is 59.8 Å². The number of esters is 4. The molecule has 2 aromatic rings. The quantitative estimate of drug-likeness (QED) is 0.228. The van der Waals surface area contributed by atoms with Crippen LogP contribution < -0.4 is 19.5 Å². The Bertz CT molecular complexity index is 1660. The van der Waals surface area contributed by atoms with Crippen molar-refractivity contribution in [2.45, 2.75) is 86.1 Å². The molecule has 15 nitrogen and oxygen atoms in total. The Hall–Kier alpha value is -5.57. The average molecular weight is 710 g/mol. The molecular formula is C36H43N3O12. The summed E-state index contributed by atoms with van der Waals surface area (Å²) in [5.74, 6) is -6.97. The van der Waals surface area contributed by atoms with E-state index in [0.717, 1.165) is 25.7 Å². The van der Waals surface area contributed by atoms with Crippen LogP contribution in [0.15, 0.2) is 48.7 Å². The molecule has 51 heavy (non-hydrogen) atoms. The van der Waals surface area contributed by atoms with Gasteiger partial charge in [0.05, 0.1) is 17.8 Å². The zero-order chi connectivity index (χ0) is 38.2. The van der Waals surface area contributed by atoms with Crippen molar-refractivity contribution in [3.63, 3.8) is 0 Å². The van der Waals surface area contributed by atoms with E-state index in [1.807, 2.05) is 0 Å². The van der Waals surface area contributed by atoms with E-state index in [-0.39, 0.29) is 29.2 Å². The predicted octanol–water partition coefficient (Wildman–Crippen LogP) is 2.52. The van der Waals surface area contributed by atoms with Crippen molar-refractivity contribution < 1.29 is 57.6 Å². The number of rotatable bonds is 13. The molecular weight excluding hydrogens is 666 g/mol. The minimum absolute atomic E-state index is 0.0226. The van der Waals surface area contributed by atoms with Crippen LogP contribution in [0.5, 0.6) is 17.2 Å². The SMILES string of the molecule is CC(=O)Oc1cc(C2=CN(C(C)=O)C(C(C)C)C(=O)N2CC(=O)N[C@@H](Cc2ccccc2)C(O)C(=O)OC(C)C)cc(OC(C)=O)c1OC(C)=O. The normalized spacial score (nSPS) is 15.5. The number of nitrogens with zero attached hydrogens (tertiary/aromatic N) is 2. The molecule has 0 saturated carbocycles. The maximum atomic E-state index is 14.2. The molecule has 274 valence electrons. The van der Waals surface area contributed by atoms with Gasteiger partial charge in [0.2, 0.25) is 17.6 Å². The Morgan fingerprint density at radius 2 is 1.39 bits per heavy atom. The second kappa shape index (κ2) is 17.4. The molecule has 1 heterocycles. The fourth-order valence-electron chi connectivity index (χ4n) is 5.37. The molecule has 1 aliphatic rings. The summed E-state index contributed by atoms with van der Waals surface area (Å²) in [6.07, 6.45) is -0.962. The van der Waals surface area contributed by atoms with Gasteiger partial charge in [0.15, 0.2) is 17.6 Å². The van der Waals surface area contributed by atoms with E-state index in [4.69, 9.17) is 18.9 Å². The standard InChI is InChI=1S/C36H43N3O12/c1-19(2)32-35(46)39(18-31(44)37-27(14-25-12-10-9-11-13-25)33(45)36(47)48-20(3)4)28(17-38(32)21(5)40)26-15-29(49-22(6)41)34(51-24(8)43)30(16-26)50-23(7)42/h9-13,15-17,19-20,27,32-33,45H,14,18H2,1-8H3,(H,37,44)/t27-,32?,33?/m0/s1. The molecule has 3 rings (SSSR count). The molecule has 3 amide bonds. The van der Waals surface area contributed by atoms with Crippen molar-refractivity contribution in [2.75, 3.05) is 6.54 Å². The first-order chi connectivity index (χ1) is 23.9. The lowest BCUT2D eigenvalue weighted by molar-refractivity contribution is -0.159. The third kappa shape index (κ3) is 10.7. The number of amides is 3. The number of carbonyl (C=O) groups excluding carboxylic acids is 7. The van der Waals surface area contributed by atoms with Gasteiger partial charge >= 0.3 is 23.9 Å². The van der Waals surface area contributed by atoms with Crippen LogP contribution in [0, 0.1) is 5.92 Å². The topological polar surface area (TPSA) is 195 Å². The first kappa shape index (κ1) is 39.9. The fourth-order valence-corrected chi connectivity index (χ4v) is 5.37. The number of benzene rings is 2. The van der Waals surface area contributed by atoms with E-state index in [2.05, 4.69) is 5.32 Å². The maximum absolute atomic E-state index is 14.2. The van der Waals surface area contributed by atoms with Gasteiger partial charge < -0.3 is 34.3 Å². The van der Waals surface area contributed by atoms with Crippen molar-refractivity contribution >= 4 is 47.3 Å². The molecule has 0 bridgehead atoms. The smallest absolute Gasteiger partial charge is 0.337 e. The van der Waals surface area contributed by atoms with E-state index in [1.54, 1.807) is 58.0 Å². The van der Waals surface area contributed by atoms with Crippen LogP contribution >= 0.6 is 0 Å². The summed E-state index contributed by atoms with van der Waals surface area (Å²) in [4.78, 5) is 92.0. The lowest BCUT2D eigenvalue weighted by Gasteiger charge is -2.41. The van der Waals surface area contributed by atoms with Crippen LogP contribution in [0.4, 0.5) is 0 Å². The van der Waals surface area contributed by atoms with Crippen LogP contribution in [-0.4, -0.2) is 87.3 Å². The van der Waals surface area contributed by atoms with Gasteiger partial charge in [0.25, 0.3) is 5.91 Å². The first-order valence-electron chi connectivity index (χ1n) is 16.2. The minimum atomic E-state index is -1.77. The zero-order valence-electron chi connectivity index (χ0n) is 29.8. The second-order valence-electron chi connectivity index (χ2n) is 12.4. The van der Waals surface area contributed by atoms with Gasteiger partial charge in [-0.3, -0.25) is 33.7 Å². The molecule has 0 aliphatic carbocycles. The van der Waals surface area contributed by atoms with Crippen molar-refractivity contribution in [1.82, 2.24) is 15.1 Å². The van der Waals surface area contributed by atoms with Crippen molar-refractivity contribution in [3.8, 4) is 17.2 Å². The molecule has 2 unspecified atom stereocenters. The summed E-state index contributed by atoms with van der Waals surface area (Å²) in [5.41, 5.74) is 0.655. The molecule has 1 aliphatic heterocycles. The largest absolute Gasteiger partial charge is 0.461 e. The van der Waals surface area contributed by atoms with Crippen LogP contribution in [0.25, 0.3) is 5.70 Å². The molecule has 0 fully saturated rings. The van der Waals surface area contributed by atoms with Gasteiger partial charge in [-0.05, 0) is 43.9 Å². The molecule has 0 radical (unpaired) electrons. The number of nitrogens with one attached hydrogen (secondary N) is 1. The summed E-state index contributed by atoms with van der Waals surface area (Å²) in [6, 6.07) is 8.99. The van der Waals surface area contributed by atoms with E-state index >= 15 is 0 Å². The predicted molar refractivity (Wildman–Crippen MR) is 181 cm³/mol. The first-order valence-corrected chi connectivity index (χ1v) is 16.2. The Kier molecular flexibility index (Phi) is 13.6. The van der Waals surface area contributed by atoms with Crippen LogP contribution in [-0.2, 0) is 44.7 Å². The van der Waals surface area contributed by atoms with Gasteiger partial charge in [-0.15, -0.1) is 0 Å². The van der Waals surface area contributed by atoms with E-state index in [9.17, 15) is 38.7 Å². The fraction of sp³-hybridized carbons (Fsp3) is 0.417. The Morgan fingerprint density at radius 1 is 0.843 bits per heavy atom. The summed E-state index contributed by atoms with van der Waals surface area (Å²) in [7, 11) is 0. The number of hydrogen-bond donors (Lipinski definition) is 2. The number of aliphatic hydroxyl groups excluding tert-OH is 1. The highest BCUT2D eigenvalue weighted by Gasteiger charge is 2.41. The Labute approximate surface area is 295 Å². The molecule has 0 saturated heterocycles. The number of hydrogen-bond acceptors (Lipinski definition) is 12. The summed E-state index contributed by atoms with van der Waals surface area (Å²) in [5, 5.41) is 13.6. The maximum Gasteiger partial charge on any atom is 0.337 e. The molecule has 2 N–H and O–H groups in total. The molecule has 2 aromatic carbocycles. The van der Waals surface area contributed by atoms with E-state index in [0.29, 0.717) is 5.56 Å². The number of aliphatic hydroxyl groups is 1. The van der Waals surface area contributed by atoms with Gasteiger partial charge in [-0.2, -0.15) is 0 Å². The Balaban J connectivity index is 2.17. The van der Waals surface area contributed by atoms with Crippen LogP contribution in [0.3, 0.4) is 0 Å². The van der Waals surface area contributed by atoms with Crippen molar-refractivity contribution in [2.24, 2.45) is 5.92 Å². The van der Waals surface area contributed by atoms with Gasteiger partial charge in [-0.25, -0.2) is 4.79 Å². The molecule has 3 atom stereocenters. The van der Waals surface area contributed by atoms with Gasteiger partial charge in [0.1, 0.15) is 12.6 Å². The zero-order valence-corrected chi connectivity index (χ0v) is 29.8. The van der Waals surface area contributed by atoms with Gasteiger partial charge in [-0.1, -0.05) is 44.2 Å². The highest BCUT2D eigenvalue weighted by molar-refractivity contribution is 6.00. The molecule has 0 spiro atoms. The van der Waals surface area contributed by atoms with Gasteiger partial charge in [0, 0.05) is 39.5 Å².